The van der Waals surface area contributed by atoms with E-state index in [0.29, 0.717) is 0 Å². The first kappa shape index (κ1) is 11.2. The summed E-state index contributed by atoms with van der Waals surface area (Å²) in [5.41, 5.74) is 0. The first-order valence-corrected chi connectivity index (χ1v) is 4.09. The van der Waals surface area contributed by atoms with Crippen molar-refractivity contribution in [2.45, 2.75) is 13.8 Å². The van der Waals surface area contributed by atoms with Gasteiger partial charge in [-0.05, 0) is 5.92 Å². The highest BCUT2D eigenvalue weighted by Crippen LogP contribution is 2.01. The van der Waals surface area contributed by atoms with Crippen LogP contribution in [0.4, 0.5) is 0 Å². The molecule has 0 aromatic rings. The Kier molecular flexibility index (Phi) is 5.92. The second-order valence-corrected chi connectivity index (χ2v) is 3.31. The van der Waals surface area contributed by atoms with E-state index in [-0.39, 0.29) is 12.4 Å². The van der Waals surface area contributed by atoms with E-state index in [2.05, 4.69) is 18.7 Å². The van der Waals surface area contributed by atoms with Gasteiger partial charge in [-0.2, -0.15) is 0 Å². The summed E-state index contributed by atoms with van der Waals surface area (Å²) >= 11 is 0. The van der Waals surface area contributed by atoms with E-state index in [1.807, 2.05) is 0 Å². The van der Waals surface area contributed by atoms with Crippen LogP contribution < -0.4 is 0 Å². The van der Waals surface area contributed by atoms with Gasteiger partial charge in [-0.3, -0.25) is 4.90 Å². The molecular formula is C8H18ClNO. The molecule has 1 aliphatic rings. The summed E-state index contributed by atoms with van der Waals surface area (Å²) in [6, 6.07) is 0. The number of hydrogen-bond donors (Lipinski definition) is 0. The van der Waals surface area contributed by atoms with E-state index in [1.165, 1.54) is 6.54 Å². The van der Waals surface area contributed by atoms with Gasteiger partial charge in [-0.25, -0.2) is 0 Å². The summed E-state index contributed by atoms with van der Waals surface area (Å²) in [7, 11) is 0. The Morgan fingerprint density at radius 3 is 2.27 bits per heavy atom. The third kappa shape index (κ3) is 4.62. The van der Waals surface area contributed by atoms with Crippen molar-refractivity contribution in [3.8, 4) is 0 Å². The van der Waals surface area contributed by atoms with Crippen LogP contribution in [-0.2, 0) is 4.74 Å². The topological polar surface area (TPSA) is 12.5 Å². The van der Waals surface area contributed by atoms with Gasteiger partial charge in [0, 0.05) is 19.6 Å². The fourth-order valence-corrected chi connectivity index (χ4v) is 1.30. The van der Waals surface area contributed by atoms with Crippen molar-refractivity contribution in [1.82, 2.24) is 4.90 Å². The van der Waals surface area contributed by atoms with Gasteiger partial charge in [0.15, 0.2) is 0 Å². The van der Waals surface area contributed by atoms with Crippen molar-refractivity contribution >= 4 is 12.4 Å². The zero-order valence-electron chi connectivity index (χ0n) is 7.38. The standard InChI is InChI=1S/C8H17NO.ClH/c1-8(2)7-9-3-5-10-6-4-9;/h8H,3-7H2,1-2H3;1H. The molecule has 0 radical (unpaired) electrons. The summed E-state index contributed by atoms with van der Waals surface area (Å²) in [6.45, 7) is 9.84. The Labute approximate surface area is 75.3 Å². The Morgan fingerprint density at radius 1 is 1.27 bits per heavy atom. The monoisotopic (exact) mass is 179 g/mol. The fourth-order valence-electron chi connectivity index (χ4n) is 1.30. The Morgan fingerprint density at radius 2 is 1.82 bits per heavy atom. The summed E-state index contributed by atoms with van der Waals surface area (Å²) < 4.78 is 5.24. The molecule has 3 heteroatoms. The molecule has 0 aromatic heterocycles. The number of ether oxygens (including phenoxy) is 1. The lowest BCUT2D eigenvalue weighted by molar-refractivity contribution is 0.0329. The molecule has 0 saturated carbocycles. The van der Waals surface area contributed by atoms with Crippen LogP contribution in [-0.4, -0.2) is 37.7 Å². The van der Waals surface area contributed by atoms with Crippen LogP contribution in [0.25, 0.3) is 0 Å². The summed E-state index contributed by atoms with van der Waals surface area (Å²) in [5.74, 6) is 0.790. The number of morpholine rings is 1. The molecule has 0 amide bonds. The van der Waals surface area contributed by atoms with Gasteiger partial charge in [0.05, 0.1) is 13.2 Å². The summed E-state index contributed by atoms with van der Waals surface area (Å²) in [4.78, 5) is 2.47. The highest BCUT2D eigenvalue weighted by molar-refractivity contribution is 5.85. The predicted octanol–water partition coefficient (Wildman–Crippen LogP) is 1.40. The van der Waals surface area contributed by atoms with Crippen LogP contribution in [0.1, 0.15) is 13.8 Å². The van der Waals surface area contributed by atoms with E-state index in [9.17, 15) is 0 Å². The fraction of sp³-hybridized carbons (Fsp3) is 1.00. The quantitative estimate of drug-likeness (QED) is 0.636. The van der Waals surface area contributed by atoms with Crippen LogP contribution in [0.2, 0.25) is 0 Å². The van der Waals surface area contributed by atoms with Gasteiger partial charge in [0.1, 0.15) is 0 Å². The van der Waals surface area contributed by atoms with Gasteiger partial charge in [-0.15, -0.1) is 12.4 Å². The second kappa shape index (κ2) is 5.81. The zero-order valence-corrected chi connectivity index (χ0v) is 8.19. The van der Waals surface area contributed by atoms with E-state index < -0.39 is 0 Å². The minimum Gasteiger partial charge on any atom is -0.379 e. The van der Waals surface area contributed by atoms with E-state index in [4.69, 9.17) is 4.74 Å². The lowest BCUT2D eigenvalue weighted by Crippen LogP contribution is -2.38. The molecule has 68 valence electrons. The van der Waals surface area contributed by atoms with Crippen LogP contribution in [0.15, 0.2) is 0 Å². The van der Waals surface area contributed by atoms with Crippen LogP contribution in [0, 0.1) is 5.92 Å². The molecule has 1 rings (SSSR count). The third-order valence-electron chi connectivity index (χ3n) is 1.73. The maximum atomic E-state index is 5.24. The summed E-state index contributed by atoms with van der Waals surface area (Å²) in [6.07, 6.45) is 0. The average molecular weight is 180 g/mol. The molecule has 1 aliphatic heterocycles. The highest BCUT2D eigenvalue weighted by Gasteiger charge is 2.10. The molecule has 0 aliphatic carbocycles. The molecule has 2 nitrogen and oxygen atoms in total. The van der Waals surface area contributed by atoms with Crippen molar-refractivity contribution in [2.75, 3.05) is 32.8 Å². The van der Waals surface area contributed by atoms with Gasteiger partial charge < -0.3 is 4.74 Å². The molecule has 0 spiro atoms. The zero-order chi connectivity index (χ0) is 7.40. The Bertz CT molecular complexity index is 92.1. The minimum atomic E-state index is 0. The molecule has 0 atom stereocenters. The van der Waals surface area contributed by atoms with Crippen LogP contribution >= 0.6 is 12.4 Å². The van der Waals surface area contributed by atoms with Gasteiger partial charge in [-0.1, -0.05) is 13.8 Å². The van der Waals surface area contributed by atoms with Gasteiger partial charge in [0.25, 0.3) is 0 Å². The molecule has 0 bridgehead atoms. The second-order valence-electron chi connectivity index (χ2n) is 3.31. The maximum absolute atomic E-state index is 5.24. The SMILES string of the molecule is CC(C)CN1CCOCC1.Cl. The van der Waals surface area contributed by atoms with E-state index in [0.717, 1.165) is 32.2 Å². The van der Waals surface area contributed by atoms with Crippen molar-refractivity contribution in [2.24, 2.45) is 5.92 Å². The molecule has 1 heterocycles. The lowest BCUT2D eigenvalue weighted by Gasteiger charge is -2.27. The Balaban J connectivity index is 0.000001000. The van der Waals surface area contributed by atoms with Gasteiger partial charge >= 0.3 is 0 Å². The number of halogens is 1. The molecule has 1 saturated heterocycles. The largest absolute Gasteiger partial charge is 0.379 e. The van der Waals surface area contributed by atoms with Crippen molar-refractivity contribution in [1.29, 1.82) is 0 Å². The van der Waals surface area contributed by atoms with Gasteiger partial charge in [0.2, 0.25) is 0 Å². The number of hydrogen-bond acceptors (Lipinski definition) is 2. The number of nitrogens with zero attached hydrogens (tertiary/aromatic N) is 1. The smallest absolute Gasteiger partial charge is 0.0594 e. The highest BCUT2D eigenvalue weighted by atomic mass is 35.5. The lowest BCUT2D eigenvalue weighted by atomic mass is 10.2. The average Bonchev–Trinajstić information content (AvgIpc) is 1.88. The first-order valence-electron chi connectivity index (χ1n) is 4.09. The normalized spacial score (nSPS) is 19.9. The molecule has 11 heavy (non-hydrogen) atoms. The first-order chi connectivity index (χ1) is 4.79. The Hall–Kier alpha value is 0.210. The molecule has 1 fully saturated rings. The molecule has 0 aromatic carbocycles. The van der Waals surface area contributed by atoms with Crippen LogP contribution in [0.3, 0.4) is 0 Å². The molecule has 0 unspecified atom stereocenters. The van der Waals surface area contributed by atoms with Crippen molar-refractivity contribution in [3.63, 3.8) is 0 Å². The van der Waals surface area contributed by atoms with E-state index >= 15 is 0 Å². The summed E-state index contributed by atoms with van der Waals surface area (Å²) in [5, 5.41) is 0. The predicted molar refractivity (Wildman–Crippen MR) is 49.3 cm³/mol. The third-order valence-corrected chi connectivity index (χ3v) is 1.73. The van der Waals surface area contributed by atoms with Crippen molar-refractivity contribution < 1.29 is 4.74 Å². The van der Waals surface area contributed by atoms with Crippen molar-refractivity contribution in [3.05, 3.63) is 0 Å². The number of rotatable bonds is 2. The van der Waals surface area contributed by atoms with Crippen LogP contribution in [0.5, 0.6) is 0 Å². The minimum absolute atomic E-state index is 0. The maximum Gasteiger partial charge on any atom is 0.0594 e. The molecular weight excluding hydrogens is 162 g/mol. The van der Waals surface area contributed by atoms with E-state index in [1.54, 1.807) is 0 Å². The molecule has 0 N–H and O–H groups in total.